The zero-order valence-electron chi connectivity index (χ0n) is 14.4. The number of hydrogen-bond donors (Lipinski definition) is 2. The summed E-state index contributed by atoms with van der Waals surface area (Å²) >= 11 is 0. The number of rotatable bonds is 4. The van der Waals surface area contributed by atoms with Gasteiger partial charge in [-0.2, -0.15) is 0 Å². The van der Waals surface area contributed by atoms with Gasteiger partial charge in [0.05, 0.1) is 11.3 Å². The van der Waals surface area contributed by atoms with Crippen LogP contribution < -0.4 is 10.1 Å². The number of Topliss-reactive ketones (excluding diaryl/α,β-unsaturated/α-hetero) is 1. The number of carbonyl (C=O) groups is 2. The van der Waals surface area contributed by atoms with Crippen molar-refractivity contribution in [2.45, 2.75) is 46.8 Å². The van der Waals surface area contributed by atoms with Crippen LogP contribution in [0.25, 0.3) is 0 Å². The smallest absolute Gasteiger partial charge is 0.253 e. The molecule has 1 amide bonds. The number of ether oxygens (including phenoxy) is 1. The van der Waals surface area contributed by atoms with Crippen LogP contribution in [0.15, 0.2) is 18.2 Å². The van der Waals surface area contributed by atoms with E-state index in [1.165, 1.54) is 12.5 Å². The number of amides is 1. The first kappa shape index (κ1) is 16.3. The third kappa shape index (κ3) is 2.94. The van der Waals surface area contributed by atoms with Crippen molar-refractivity contribution in [3.05, 3.63) is 51.8 Å². The number of ketones is 1. The minimum Gasteiger partial charge on any atom is -0.490 e. The van der Waals surface area contributed by atoms with Crippen LogP contribution in [0.1, 0.15) is 57.1 Å². The highest BCUT2D eigenvalue weighted by Gasteiger charge is 2.21. The summed E-state index contributed by atoms with van der Waals surface area (Å²) in [5.41, 5.74) is 4.69. The van der Waals surface area contributed by atoms with Gasteiger partial charge >= 0.3 is 0 Å². The molecule has 24 heavy (non-hydrogen) atoms. The lowest BCUT2D eigenvalue weighted by atomic mass is 10.1. The molecule has 0 fully saturated rings. The highest BCUT2D eigenvalue weighted by Crippen LogP contribution is 2.29. The Balaban J connectivity index is 1.73. The molecule has 1 aliphatic heterocycles. The van der Waals surface area contributed by atoms with E-state index >= 15 is 0 Å². The molecule has 1 aliphatic rings. The van der Waals surface area contributed by atoms with E-state index in [-0.39, 0.29) is 17.8 Å². The van der Waals surface area contributed by atoms with Gasteiger partial charge in [0.2, 0.25) is 0 Å². The second-order valence-electron chi connectivity index (χ2n) is 6.44. The Labute approximate surface area is 141 Å². The zero-order valence-corrected chi connectivity index (χ0v) is 14.4. The maximum atomic E-state index is 12.5. The second kappa shape index (κ2) is 6.15. The van der Waals surface area contributed by atoms with E-state index in [4.69, 9.17) is 4.74 Å². The summed E-state index contributed by atoms with van der Waals surface area (Å²) in [6.07, 6.45) is 1.11. The van der Waals surface area contributed by atoms with Crippen molar-refractivity contribution in [2.75, 3.05) is 0 Å². The van der Waals surface area contributed by atoms with Gasteiger partial charge in [0.15, 0.2) is 5.78 Å². The minimum atomic E-state index is -0.168. The maximum absolute atomic E-state index is 12.5. The van der Waals surface area contributed by atoms with Gasteiger partial charge in [-0.1, -0.05) is 12.1 Å². The molecule has 0 saturated carbocycles. The van der Waals surface area contributed by atoms with Crippen LogP contribution in [0.3, 0.4) is 0 Å². The molecule has 0 spiro atoms. The third-order valence-corrected chi connectivity index (χ3v) is 4.43. The van der Waals surface area contributed by atoms with Gasteiger partial charge in [-0.3, -0.25) is 9.59 Å². The lowest BCUT2D eigenvalue weighted by Gasteiger charge is -2.08. The van der Waals surface area contributed by atoms with Crippen molar-refractivity contribution < 1.29 is 14.3 Å². The molecule has 0 bridgehead atoms. The van der Waals surface area contributed by atoms with Crippen LogP contribution >= 0.6 is 0 Å². The molecule has 0 aliphatic carbocycles. The van der Waals surface area contributed by atoms with E-state index < -0.39 is 0 Å². The van der Waals surface area contributed by atoms with Crippen molar-refractivity contribution in [2.24, 2.45) is 0 Å². The van der Waals surface area contributed by atoms with Crippen LogP contribution in [-0.2, 0) is 13.0 Å². The fourth-order valence-corrected chi connectivity index (χ4v) is 3.30. The van der Waals surface area contributed by atoms with Crippen molar-refractivity contribution in [3.63, 3.8) is 0 Å². The van der Waals surface area contributed by atoms with Crippen molar-refractivity contribution in [3.8, 4) is 5.75 Å². The Bertz CT molecular complexity index is 820. The van der Waals surface area contributed by atoms with Crippen LogP contribution in [0.4, 0.5) is 0 Å². The summed E-state index contributed by atoms with van der Waals surface area (Å²) in [6, 6.07) is 6.01. The van der Waals surface area contributed by atoms with Gasteiger partial charge in [0, 0.05) is 25.6 Å². The average molecular weight is 326 g/mol. The molecule has 0 saturated heterocycles. The van der Waals surface area contributed by atoms with Crippen LogP contribution in [0.5, 0.6) is 5.75 Å². The minimum absolute atomic E-state index is 0.0672. The summed E-state index contributed by atoms with van der Waals surface area (Å²) < 4.78 is 5.69. The predicted octanol–water partition coefficient (Wildman–Crippen LogP) is 3.09. The predicted molar refractivity (Wildman–Crippen MR) is 91.7 cm³/mol. The third-order valence-electron chi connectivity index (χ3n) is 4.43. The summed E-state index contributed by atoms with van der Waals surface area (Å²) in [6.45, 7) is 7.59. The van der Waals surface area contributed by atoms with E-state index in [0.717, 1.165) is 17.7 Å². The summed E-state index contributed by atoms with van der Waals surface area (Å²) in [5, 5.41) is 2.94. The number of fused-ring (bicyclic) bond motifs is 1. The van der Waals surface area contributed by atoms with E-state index in [1.807, 2.05) is 26.0 Å². The van der Waals surface area contributed by atoms with Crippen molar-refractivity contribution in [1.29, 1.82) is 0 Å². The van der Waals surface area contributed by atoms with Gasteiger partial charge in [0.25, 0.3) is 5.91 Å². The second-order valence-corrected chi connectivity index (χ2v) is 6.44. The molecule has 2 heterocycles. The van der Waals surface area contributed by atoms with Crippen molar-refractivity contribution >= 4 is 11.7 Å². The van der Waals surface area contributed by atoms with Crippen LogP contribution in [-0.4, -0.2) is 22.8 Å². The van der Waals surface area contributed by atoms with Crippen molar-refractivity contribution in [1.82, 2.24) is 10.3 Å². The molecule has 1 unspecified atom stereocenters. The zero-order chi connectivity index (χ0) is 17.4. The fourth-order valence-electron chi connectivity index (χ4n) is 3.30. The molecule has 5 nitrogen and oxygen atoms in total. The molecule has 3 rings (SSSR count). The van der Waals surface area contributed by atoms with Crippen LogP contribution in [0.2, 0.25) is 0 Å². The van der Waals surface area contributed by atoms with Gasteiger partial charge in [-0.25, -0.2) is 0 Å². The number of aryl methyl sites for hydroxylation is 1. The Morgan fingerprint density at radius 3 is 2.75 bits per heavy atom. The molecular formula is C19H22N2O3. The number of carbonyl (C=O) groups excluding carboxylic acids is 2. The molecule has 1 aromatic carbocycles. The van der Waals surface area contributed by atoms with E-state index in [9.17, 15) is 9.59 Å². The molecule has 0 radical (unpaired) electrons. The highest BCUT2D eigenvalue weighted by molar-refractivity contribution is 6.02. The Morgan fingerprint density at radius 1 is 1.33 bits per heavy atom. The Hall–Kier alpha value is -2.56. The molecule has 1 atom stereocenters. The fraction of sp³-hybridized carbons (Fsp3) is 0.368. The first-order valence-corrected chi connectivity index (χ1v) is 8.13. The summed E-state index contributed by atoms with van der Waals surface area (Å²) in [5.74, 6) is 0.697. The largest absolute Gasteiger partial charge is 0.490 e. The summed E-state index contributed by atoms with van der Waals surface area (Å²) in [7, 11) is 0. The molecule has 126 valence electrons. The number of nitrogens with one attached hydrogen (secondary N) is 2. The molecular weight excluding hydrogens is 304 g/mol. The Kier molecular flexibility index (Phi) is 4.18. The molecule has 5 heteroatoms. The lowest BCUT2D eigenvalue weighted by molar-refractivity contribution is 0.0949. The SMILES string of the molecule is CC(=O)c1[nH]c(C)c(C(=O)NCc2ccc3c(c2)CC(C)O3)c1C. The topological polar surface area (TPSA) is 71.2 Å². The number of benzene rings is 1. The number of aromatic amines is 1. The average Bonchev–Trinajstić information content (AvgIpc) is 3.03. The van der Waals surface area contributed by atoms with Gasteiger partial charge in [-0.05, 0) is 43.5 Å². The highest BCUT2D eigenvalue weighted by atomic mass is 16.5. The maximum Gasteiger partial charge on any atom is 0.253 e. The lowest BCUT2D eigenvalue weighted by Crippen LogP contribution is -2.24. The normalized spacial score (nSPS) is 15.8. The van der Waals surface area contributed by atoms with Crippen LogP contribution in [0, 0.1) is 13.8 Å². The van der Waals surface area contributed by atoms with Gasteiger partial charge in [-0.15, -0.1) is 0 Å². The van der Waals surface area contributed by atoms with Gasteiger partial charge < -0.3 is 15.0 Å². The van der Waals surface area contributed by atoms with E-state index in [1.54, 1.807) is 6.92 Å². The Morgan fingerprint density at radius 2 is 2.08 bits per heavy atom. The van der Waals surface area contributed by atoms with Gasteiger partial charge in [0.1, 0.15) is 11.9 Å². The number of H-pyrrole nitrogens is 1. The number of aromatic nitrogens is 1. The number of hydrogen-bond acceptors (Lipinski definition) is 3. The van der Waals surface area contributed by atoms with E-state index in [2.05, 4.69) is 16.4 Å². The summed E-state index contributed by atoms with van der Waals surface area (Å²) in [4.78, 5) is 27.1. The molecule has 1 aromatic heterocycles. The van der Waals surface area contributed by atoms with E-state index in [0.29, 0.717) is 29.1 Å². The molecule has 2 aromatic rings. The monoisotopic (exact) mass is 326 g/mol. The quantitative estimate of drug-likeness (QED) is 0.848. The standard InChI is InChI=1S/C19H22N2O3/c1-10-7-15-8-14(5-6-16(15)24-10)9-20-19(23)17-11(2)18(13(4)22)21-12(17)3/h5-6,8,10,21H,7,9H2,1-4H3,(H,20,23). The molecule has 2 N–H and O–H groups in total. The first-order chi connectivity index (χ1) is 11.4. The first-order valence-electron chi connectivity index (χ1n) is 8.13.